The summed E-state index contributed by atoms with van der Waals surface area (Å²) in [5.41, 5.74) is 8.67. The number of halogens is 1. The molecule has 0 aliphatic carbocycles. The summed E-state index contributed by atoms with van der Waals surface area (Å²) in [6, 6.07) is 14.5. The number of nitrogen functional groups attached to an aromatic ring is 1. The smallest absolute Gasteiger partial charge is 0.266 e. The highest BCUT2D eigenvalue weighted by Gasteiger charge is 2.22. The Balaban J connectivity index is 1.77. The first-order valence-corrected chi connectivity index (χ1v) is 11.4. The number of rotatable bonds is 5. The molecule has 9 nitrogen and oxygen atoms in total. The molecule has 0 aliphatic heterocycles. The van der Waals surface area contributed by atoms with E-state index in [9.17, 15) is 14.4 Å². The van der Waals surface area contributed by atoms with Crippen LogP contribution in [0.5, 0.6) is 0 Å². The van der Waals surface area contributed by atoms with Gasteiger partial charge < -0.3 is 11.1 Å². The molecule has 2 aromatic carbocycles. The summed E-state index contributed by atoms with van der Waals surface area (Å²) in [6.07, 6.45) is 4.74. The third kappa shape index (κ3) is 4.46. The molecule has 0 fully saturated rings. The number of nitrogens with one attached hydrogen (secondary N) is 1. The number of fused-ring (bicyclic) bond motifs is 1. The Morgan fingerprint density at radius 3 is 2.68 bits per heavy atom. The van der Waals surface area contributed by atoms with E-state index in [1.54, 1.807) is 31.5 Å². The first-order valence-electron chi connectivity index (χ1n) is 11.4. The van der Waals surface area contributed by atoms with Crippen LogP contribution in [-0.4, -0.2) is 24.5 Å². The van der Waals surface area contributed by atoms with Crippen molar-refractivity contribution in [2.45, 2.75) is 19.9 Å². The van der Waals surface area contributed by atoms with Gasteiger partial charge in [-0.1, -0.05) is 18.2 Å². The van der Waals surface area contributed by atoms with Crippen LogP contribution in [0.1, 0.15) is 29.9 Å². The average Bonchev–Trinajstić information content (AvgIpc) is 2.88. The van der Waals surface area contributed by atoms with E-state index >= 15 is 0 Å². The predicted molar refractivity (Wildman–Crippen MR) is 138 cm³/mol. The Kier molecular flexibility index (Phi) is 6.03. The third-order valence-corrected chi connectivity index (χ3v) is 5.84. The Morgan fingerprint density at radius 2 is 1.92 bits per heavy atom. The van der Waals surface area contributed by atoms with Crippen LogP contribution in [0, 0.1) is 24.1 Å². The van der Waals surface area contributed by atoms with Gasteiger partial charge in [0.05, 0.1) is 28.8 Å². The number of nitrogens with zero attached hydrogens (tertiary/aromatic N) is 6. The molecule has 37 heavy (non-hydrogen) atoms. The summed E-state index contributed by atoms with van der Waals surface area (Å²) >= 11 is 0. The molecule has 0 radical (unpaired) electrons. The molecular formula is C27H21FN8O. The summed E-state index contributed by atoms with van der Waals surface area (Å²) < 4.78 is 15.7. The first-order chi connectivity index (χ1) is 17.9. The third-order valence-electron chi connectivity index (χ3n) is 5.84. The van der Waals surface area contributed by atoms with Crippen molar-refractivity contribution in [1.82, 2.24) is 24.5 Å². The van der Waals surface area contributed by atoms with Crippen LogP contribution < -0.4 is 16.6 Å². The van der Waals surface area contributed by atoms with Gasteiger partial charge in [-0.2, -0.15) is 10.2 Å². The lowest BCUT2D eigenvalue weighted by Crippen LogP contribution is -2.28. The number of hydrogen-bond donors (Lipinski definition) is 2. The molecular weight excluding hydrogens is 471 g/mol. The van der Waals surface area contributed by atoms with Crippen molar-refractivity contribution < 1.29 is 4.39 Å². The van der Waals surface area contributed by atoms with Gasteiger partial charge in [0.2, 0.25) is 5.95 Å². The van der Waals surface area contributed by atoms with Gasteiger partial charge in [0.25, 0.3) is 5.56 Å². The molecule has 0 saturated heterocycles. The fourth-order valence-corrected chi connectivity index (χ4v) is 4.20. The monoisotopic (exact) mass is 492 g/mol. The van der Waals surface area contributed by atoms with E-state index in [2.05, 4.69) is 20.3 Å². The largest absolute Gasteiger partial charge is 0.368 e. The molecule has 0 saturated carbocycles. The highest BCUT2D eigenvalue weighted by Crippen LogP contribution is 2.28. The molecule has 0 spiro atoms. The minimum Gasteiger partial charge on any atom is -0.368 e. The van der Waals surface area contributed by atoms with Crippen molar-refractivity contribution in [3.05, 3.63) is 100 Å². The summed E-state index contributed by atoms with van der Waals surface area (Å²) in [7, 11) is 0. The van der Waals surface area contributed by atoms with E-state index in [4.69, 9.17) is 10.7 Å². The zero-order valence-corrected chi connectivity index (χ0v) is 20.0. The predicted octanol–water partition coefficient (Wildman–Crippen LogP) is 4.31. The second kappa shape index (κ2) is 9.47. The summed E-state index contributed by atoms with van der Waals surface area (Å²) in [5, 5.41) is 13.0. The van der Waals surface area contributed by atoms with Crippen LogP contribution in [0.3, 0.4) is 0 Å². The lowest BCUT2D eigenvalue weighted by atomic mass is 10.0. The van der Waals surface area contributed by atoms with E-state index in [1.165, 1.54) is 29.0 Å². The SMILES string of the molecule is Cc1cncc(-c2cccc3nc([C@@H](C)Nc4nc(N)ncc4C#N)n(-c4cccc(F)c4)c(=O)c23)c1. The maximum Gasteiger partial charge on any atom is 0.266 e. The lowest BCUT2D eigenvalue weighted by Gasteiger charge is -2.21. The molecule has 0 aliphatic rings. The van der Waals surface area contributed by atoms with Crippen molar-refractivity contribution in [2.75, 3.05) is 11.1 Å². The van der Waals surface area contributed by atoms with Gasteiger partial charge >= 0.3 is 0 Å². The molecule has 3 N–H and O–H groups in total. The highest BCUT2D eigenvalue weighted by molar-refractivity contribution is 5.94. The Morgan fingerprint density at radius 1 is 1.11 bits per heavy atom. The second-order valence-corrected chi connectivity index (χ2v) is 8.51. The second-order valence-electron chi connectivity index (χ2n) is 8.51. The number of aromatic nitrogens is 5. The van der Waals surface area contributed by atoms with Gasteiger partial charge in [-0.15, -0.1) is 0 Å². The number of benzene rings is 2. The fraction of sp³-hybridized carbons (Fsp3) is 0.111. The van der Waals surface area contributed by atoms with Crippen LogP contribution in [0.25, 0.3) is 27.7 Å². The van der Waals surface area contributed by atoms with Gasteiger partial charge in [0, 0.05) is 18.0 Å². The van der Waals surface area contributed by atoms with E-state index in [1.807, 2.05) is 31.2 Å². The number of hydrogen-bond acceptors (Lipinski definition) is 8. The van der Waals surface area contributed by atoms with Crippen molar-refractivity contribution in [1.29, 1.82) is 5.26 Å². The van der Waals surface area contributed by atoms with Crippen molar-refractivity contribution in [3.8, 4) is 22.9 Å². The van der Waals surface area contributed by atoms with E-state index in [-0.39, 0.29) is 22.9 Å². The number of nitriles is 1. The van der Waals surface area contributed by atoms with Crippen LogP contribution in [-0.2, 0) is 0 Å². The number of anilines is 2. The maximum absolute atomic E-state index is 14.3. The zero-order valence-electron chi connectivity index (χ0n) is 20.0. The number of aryl methyl sites for hydroxylation is 1. The average molecular weight is 493 g/mol. The van der Waals surface area contributed by atoms with Crippen molar-refractivity contribution >= 4 is 22.7 Å². The molecule has 182 valence electrons. The summed E-state index contributed by atoms with van der Waals surface area (Å²) in [5.74, 6) is -0.0208. The van der Waals surface area contributed by atoms with Gasteiger partial charge in [0.15, 0.2) is 0 Å². The van der Waals surface area contributed by atoms with Crippen LogP contribution >= 0.6 is 0 Å². The molecule has 1 atom stereocenters. The Labute approximate surface area is 211 Å². The quantitative estimate of drug-likeness (QED) is 0.370. The van der Waals surface area contributed by atoms with Crippen LogP contribution in [0.4, 0.5) is 16.2 Å². The molecule has 0 bridgehead atoms. The number of nitrogens with two attached hydrogens (primary N) is 1. The molecule has 3 heterocycles. The van der Waals surface area contributed by atoms with Gasteiger partial charge in [-0.3, -0.25) is 14.3 Å². The first kappa shape index (κ1) is 23.6. The van der Waals surface area contributed by atoms with Crippen molar-refractivity contribution in [2.24, 2.45) is 0 Å². The van der Waals surface area contributed by atoms with Crippen molar-refractivity contribution in [3.63, 3.8) is 0 Å². The van der Waals surface area contributed by atoms with Crippen LogP contribution in [0.15, 0.2) is 71.9 Å². The fourth-order valence-electron chi connectivity index (χ4n) is 4.20. The molecule has 5 aromatic rings. The minimum absolute atomic E-state index is 0.0147. The maximum atomic E-state index is 14.3. The molecule has 0 unspecified atom stereocenters. The zero-order chi connectivity index (χ0) is 26.1. The molecule has 5 rings (SSSR count). The molecule has 0 amide bonds. The number of pyridine rings is 1. The Bertz CT molecular complexity index is 1760. The lowest BCUT2D eigenvalue weighted by molar-refractivity contribution is 0.624. The normalized spacial score (nSPS) is 11.7. The van der Waals surface area contributed by atoms with E-state index in [0.717, 1.165) is 11.1 Å². The van der Waals surface area contributed by atoms with E-state index in [0.29, 0.717) is 28.0 Å². The summed E-state index contributed by atoms with van der Waals surface area (Å²) in [4.78, 5) is 31.2. The highest BCUT2D eigenvalue weighted by atomic mass is 19.1. The van der Waals surface area contributed by atoms with E-state index < -0.39 is 11.9 Å². The molecule has 10 heteroatoms. The topological polar surface area (TPSA) is 135 Å². The van der Waals surface area contributed by atoms with Gasteiger partial charge in [-0.05, 0) is 55.3 Å². The Hall–Kier alpha value is -5.17. The standard InChI is InChI=1S/C27H21FN8O/c1-15-9-17(13-31-12-15)21-7-4-8-22-23(21)26(37)36(20-6-3-5-19(28)10-20)25(34-22)16(2)33-24-18(11-29)14-32-27(30)35-24/h3-10,12-14,16H,1-2H3,(H3,30,32,33,35)/t16-/m1/s1. The van der Waals surface area contributed by atoms with Crippen LogP contribution in [0.2, 0.25) is 0 Å². The van der Waals surface area contributed by atoms with Gasteiger partial charge in [0.1, 0.15) is 29.1 Å². The minimum atomic E-state index is -0.633. The summed E-state index contributed by atoms with van der Waals surface area (Å²) in [6.45, 7) is 3.68. The van der Waals surface area contributed by atoms with Gasteiger partial charge in [-0.25, -0.2) is 14.4 Å². The molecule has 3 aromatic heterocycles.